The normalized spacial score (nSPS) is 50.7. The van der Waals surface area contributed by atoms with Crippen LogP contribution < -0.4 is 0 Å². The first-order chi connectivity index (χ1) is 5.20. The summed E-state index contributed by atoms with van der Waals surface area (Å²) in [6.45, 7) is 4.96. The van der Waals surface area contributed by atoms with Crippen molar-refractivity contribution in [3.05, 3.63) is 0 Å². The molecule has 2 bridgehead atoms. The van der Waals surface area contributed by atoms with Gasteiger partial charge in [-0.05, 0) is 55.8 Å². The maximum absolute atomic E-state index is 2.50. The van der Waals surface area contributed by atoms with Crippen LogP contribution in [0.5, 0.6) is 0 Å². The third kappa shape index (κ3) is 1.32. The van der Waals surface area contributed by atoms with Gasteiger partial charge in [0.15, 0.2) is 0 Å². The monoisotopic (exact) mass is 152 g/mol. The smallest absolute Gasteiger partial charge is 0.0326 e. The van der Waals surface area contributed by atoms with Crippen LogP contribution in [0.15, 0.2) is 0 Å². The number of fused-ring (bicyclic) bond motifs is 4. The zero-order chi connectivity index (χ0) is 7.90. The molecule has 3 fully saturated rings. The average Bonchev–Trinajstić information content (AvgIpc) is 2.21. The minimum Gasteiger partial charge on any atom is -0.0622 e. The second kappa shape index (κ2) is 2.50. The van der Waals surface area contributed by atoms with Crippen LogP contribution in [0, 0.1) is 17.3 Å². The maximum Gasteiger partial charge on any atom is -0.0326 e. The number of hydrogen-bond acceptors (Lipinski definition) is 0. The molecule has 0 aliphatic heterocycles. The van der Waals surface area contributed by atoms with Crippen LogP contribution in [-0.2, 0) is 0 Å². The van der Waals surface area contributed by atoms with Gasteiger partial charge in [-0.2, -0.15) is 0 Å². The molecule has 0 heterocycles. The Balaban J connectivity index is 2.14. The minimum absolute atomic E-state index is 0.751. The topological polar surface area (TPSA) is 0 Å². The fourth-order valence-corrected chi connectivity index (χ4v) is 2.97. The third-order valence-corrected chi connectivity index (χ3v) is 4.25. The average molecular weight is 152 g/mol. The van der Waals surface area contributed by atoms with Crippen molar-refractivity contribution in [1.82, 2.24) is 0 Å². The van der Waals surface area contributed by atoms with E-state index in [2.05, 4.69) is 13.8 Å². The lowest BCUT2D eigenvalue weighted by Gasteiger charge is -2.33. The van der Waals surface area contributed by atoms with Crippen molar-refractivity contribution in [2.24, 2.45) is 17.3 Å². The van der Waals surface area contributed by atoms with Gasteiger partial charge in [0.1, 0.15) is 0 Å². The highest BCUT2D eigenvalue weighted by atomic mass is 14.4. The molecular formula is C11H20. The summed E-state index contributed by atoms with van der Waals surface area (Å²) in [6.07, 6.45) is 9.09. The lowest BCUT2D eigenvalue weighted by atomic mass is 9.72. The van der Waals surface area contributed by atoms with E-state index >= 15 is 0 Å². The molecule has 0 saturated heterocycles. The Morgan fingerprint density at radius 2 is 1.55 bits per heavy atom. The molecule has 3 rings (SSSR count). The van der Waals surface area contributed by atoms with E-state index in [1.807, 2.05) is 0 Å². The first-order valence-corrected chi connectivity index (χ1v) is 5.20. The molecule has 0 aromatic rings. The van der Waals surface area contributed by atoms with Gasteiger partial charge >= 0.3 is 0 Å². The molecule has 1 atom stereocenters. The molecule has 3 saturated carbocycles. The molecule has 0 heteroatoms. The van der Waals surface area contributed by atoms with Crippen LogP contribution in [0.25, 0.3) is 0 Å². The van der Waals surface area contributed by atoms with Gasteiger partial charge in [0.05, 0.1) is 0 Å². The SMILES string of the molecule is CC1CCC2(C)CCC1CC2. The Morgan fingerprint density at radius 1 is 1.00 bits per heavy atom. The molecule has 0 spiro atoms. The third-order valence-electron chi connectivity index (χ3n) is 4.25. The molecule has 0 nitrogen and oxygen atoms in total. The summed E-state index contributed by atoms with van der Waals surface area (Å²) in [5.41, 5.74) is 0.751. The molecule has 3 aliphatic rings. The van der Waals surface area contributed by atoms with Crippen LogP contribution >= 0.6 is 0 Å². The van der Waals surface area contributed by atoms with Gasteiger partial charge in [0.2, 0.25) is 0 Å². The first-order valence-electron chi connectivity index (χ1n) is 5.20. The standard InChI is InChI=1S/C11H20/c1-9-3-6-11(2)7-4-10(9)5-8-11/h9-10H,3-8H2,1-2H3. The summed E-state index contributed by atoms with van der Waals surface area (Å²) >= 11 is 0. The molecule has 0 N–H and O–H groups in total. The van der Waals surface area contributed by atoms with Crippen molar-refractivity contribution in [1.29, 1.82) is 0 Å². The highest BCUT2D eigenvalue weighted by Gasteiger charge is 2.36. The summed E-state index contributed by atoms with van der Waals surface area (Å²) in [4.78, 5) is 0. The molecule has 1 unspecified atom stereocenters. The Kier molecular flexibility index (Phi) is 1.74. The molecule has 0 aromatic carbocycles. The van der Waals surface area contributed by atoms with E-state index in [1.165, 1.54) is 38.5 Å². The van der Waals surface area contributed by atoms with Crippen molar-refractivity contribution in [3.8, 4) is 0 Å². The van der Waals surface area contributed by atoms with Gasteiger partial charge in [-0.25, -0.2) is 0 Å². The maximum atomic E-state index is 2.50. The highest BCUT2D eigenvalue weighted by Crippen LogP contribution is 2.49. The van der Waals surface area contributed by atoms with E-state index in [1.54, 1.807) is 0 Å². The van der Waals surface area contributed by atoms with Crippen molar-refractivity contribution in [3.63, 3.8) is 0 Å². The van der Waals surface area contributed by atoms with Gasteiger partial charge < -0.3 is 0 Å². The first kappa shape index (κ1) is 7.64. The van der Waals surface area contributed by atoms with E-state index in [0.29, 0.717) is 0 Å². The van der Waals surface area contributed by atoms with E-state index in [0.717, 1.165) is 17.3 Å². The van der Waals surface area contributed by atoms with E-state index in [-0.39, 0.29) is 0 Å². The van der Waals surface area contributed by atoms with E-state index in [4.69, 9.17) is 0 Å². The summed E-state index contributed by atoms with van der Waals surface area (Å²) in [6, 6.07) is 0. The van der Waals surface area contributed by atoms with Gasteiger partial charge in [0, 0.05) is 0 Å². The zero-order valence-electron chi connectivity index (χ0n) is 7.90. The number of rotatable bonds is 0. The Hall–Kier alpha value is 0. The summed E-state index contributed by atoms with van der Waals surface area (Å²) in [7, 11) is 0. The largest absolute Gasteiger partial charge is 0.0622 e. The summed E-state index contributed by atoms with van der Waals surface area (Å²) < 4.78 is 0. The van der Waals surface area contributed by atoms with Crippen molar-refractivity contribution >= 4 is 0 Å². The van der Waals surface area contributed by atoms with Crippen molar-refractivity contribution in [2.45, 2.75) is 52.4 Å². The fourth-order valence-electron chi connectivity index (χ4n) is 2.97. The summed E-state index contributed by atoms with van der Waals surface area (Å²) in [5.74, 6) is 2.12. The van der Waals surface area contributed by atoms with Crippen LogP contribution in [0.3, 0.4) is 0 Å². The Bertz CT molecular complexity index is 140. The molecule has 64 valence electrons. The van der Waals surface area contributed by atoms with E-state index < -0.39 is 0 Å². The van der Waals surface area contributed by atoms with Gasteiger partial charge in [0.25, 0.3) is 0 Å². The Morgan fingerprint density at radius 3 is 2.18 bits per heavy atom. The quantitative estimate of drug-likeness (QED) is 0.497. The lowest BCUT2D eigenvalue weighted by Crippen LogP contribution is -2.21. The van der Waals surface area contributed by atoms with Crippen molar-refractivity contribution < 1.29 is 0 Å². The van der Waals surface area contributed by atoms with Crippen LogP contribution in [0.2, 0.25) is 0 Å². The molecule has 0 radical (unpaired) electrons. The molecular weight excluding hydrogens is 132 g/mol. The second-order valence-corrected chi connectivity index (χ2v) is 5.16. The van der Waals surface area contributed by atoms with Crippen LogP contribution in [0.1, 0.15) is 52.4 Å². The van der Waals surface area contributed by atoms with Gasteiger partial charge in [-0.1, -0.05) is 13.8 Å². The van der Waals surface area contributed by atoms with Crippen LogP contribution in [0.4, 0.5) is 0 Å². The van der Waals surface area contributed by atoms with Gasteiger partial charge in [-0.15, -0.1) is 0 Å². The predicted octanol–water partition coefficient (Wildman–Crippen LogP) is 3.61. The highest BCUT2D eigenvalue weighted by molar-refractivity contribution is 4.88. The molecule has 11 heavy (non-hydrogen) atoms. The molecule has 3 aliphatic carbocycles. The zero-order valence-corrected chi connectivity index (χ0v) is 7.90. The fraction of sp³-hybridized carbons (Fsp3) is 1.00. The molecule has 0 aromatic heterocycles. The van der Waals surface area contributed by atoms with Gasteiger partial charge in [-0.3, -0.25) is 0 Å². The molecule has 0 amide bonds. The summed E-state index contributed by atoms with van der Waals surface area (Å²) in [5, 5.41) is 0. The lowest BCUT2D eigenvalue weighted by molar-refractivity contribution is 0.185. The predicted molar refractivity (Wildman–Crippen MR) is 48.5 cm³/mol. The van der Waals surface area contributed by atoms with Crippen LogP contribution in [-0.4, -0.2) is 0 Å². The van der Waals surface area contributed by atoms with E-state index in [9.17, 15) is 0 Å². The Labute approximate surface area is 70.4 Å². The van der Waals surface area contributed by atoms with Crippen molar-refractivity contribution in [2.75, 3.05) is 0 Å². The minimum atomic E-state index is 0.751. The number of hydrogen-bond donors (Lipinski definition) is 0. The second-order valence-electron chi connectivity index (χ2n) is 5.16.